The quantitative estimate of drug-likeness (QED) is 0.449. The van der Waals surface area contributed by atoms with Crippen LogP contribution in [0.1, 0.15) is 30.4 Å². The van der Waals surface area contributed by atoms with Gasteiger partial charge in [0.05, 0.1) is 13.3 Å². The number of phenols is 1. The van der Waals surface area contributed by atoms with Crippen molar-refractivity contribution in [1.29, 1.82) is 0 Å². The third kappa shape index (κ3) is 6.47. The third-order valence-electron chi connectivity index (χ3n) is 4.83. The van der Waals surface area contributed by atoms with Crippen molar-refractivity contribution in [1.82, 2.24) is 10.3 Å². The molecule has 1 aliphatic rings. The number of hydrazone groups is 1. The topological polar surface area (TPSA) is 83.4 Å². The van der Waals surface area contributed by atoms with Gasteiger partial charge in [0.25, 0.3) is 5.91 Å². The Labute approximate surface area is 184 Å². The monoisotopic (exact) mass is 475 g/mol. The normalized spacial score (nSPS) is 14.6. The SMILES string of the molecule is COc1cc(/C=N\NC(=O)COc2ccc(Br)cc2CN2CCCCC2)ccc1O. The van der Waals surface area contributed by atoms with Crippen LogP contribution in [-0.4, -0.2) is 48.9 Å². The molecular weight excluding hydrogens is 450 g/mol. The standard InChI is InChI=1S/C22H26BrN3O4/c1-29-21-11-16(5-7-19(21)27)13-24-25-22(28)15-30-20-8-6-18(23)12-17(20)14-26-9-3-2-4-10-26/h5-8,11-13,27H,2-4,9-10,14-15H2,1H3,(H,25,28)/b24-13-. The fourth-order valence-electron chi connectivity index (χ4n) is 3.30. The van der Waals surface area contributed by atoms with E-state index < -0.39 is 0 Å². The summed E-state index contributed by atoms with van der Waals surface area (Å²) >= 11 is 3.52. The number of methoxy groups -OCH3 is 1. The van der Waals surface area contributed by atoms with Gasteiger partial charge in [-0.25, -0.2) is 5.43 Å². The molecule has 0 aromatic heterocycles. The minimum atomic E-state index is -0.358. The first-order chi connectivity index (χ1) is 14.5. The number of carbonyl (C=O) groups excluding carboxylic acids is 1. The number of hydrogen-bond acceptors (Lipinski definition) is 6. The van der Waals surface area contributed by atoms with E-state index in [1.807, 2.05) is 18.2 Å². The second-order valence-electron chi connectivity index (χ2n) is 7.10. The highest BCUT2D eigenvalue weighted by Gasteiger charge is 2.14. The first-order valence-electron chi connectivity index (χ1n) is 9.87. The lowest BCUT2D eigenvalue weighted by Crippen LogP contribution is -2.29. The zero-order chi connectivity index (χ0) is 21.3. The molecule has 7 nitrogen and oxygen atoms in total. The summed E-state index contributed by atoms with van der Waals surface area (Å²) < 4.78 is 11.8. The highest BCUT2D eigenvalue weighted by Crippen LogP contribution is 2.26. The van der Waals surface area contributed by atoms with E-state index in [1.54, 1.807) is 12.1 Å². The van der Waals surface area contributed by atoms with Crippen LogP contribution in [0.2, 0.25) is 0 Å². The molecule has 1 fully saturated rings. The molecule has 2 aromatic carbocycles. The van der Waals surface area contributed by atoms with Crippen molar-refractivity contribution >= 4 is 28.1 Å². The van der Waals surface area contributed by atoms with E-state index in [0.717, 1.165) is 29.7 Å². The summed E-state index contributed by atoms with van der Waals surface area (Å²) in [6.45, 7) is 2.84. The second-order valence-corrected chi connectivity index (χ2v) is 8.02. The Morgan fingerprint density at radius 1 is 1.20 bits per heavy atom. The summed E-state index contributed by atoms with van der Waals surface area (Å²) in [5.74, 6) is 0.724. The molecule has 0 radical (unpaired) electrons. The summed E-state index contributed by atoms with van der Waals surface area (Å²) in [6.07, 6.45) is 5.20. The smallest absolute Gasteiger partial charge is 0.277 e. The van der Waals surface area contributed by atoms with Gasteiger partial charge in [-0.05, 0) is 67.9 Å². The Morgan fingerprint density at radius 2 is 2.00 bits per heavy atom. The van der Waals surface area contributed by atoms with Gasteiger partial charge in [0.2, 0.25) is 0 Å². The summed E-state index contributed by atoms with van der Waals surface area (Å²) in [5.41, 5.74) is 4.19. The maximum absolute atomic E-state index is 12.1. The Kier molecular flexibility index (Phi) is 8.10. The van der Waals surface area contributed by atoms with E-state index in [0.29, 0.717) is 17.1 Å². The molecule has 0 spiro atoms. The van der Waals surface area contributed by atoms with E-state index in [2.05, 4.69) is 31.4 Å². The largest absolute Gasteiger partial charge is 0.504 e. The first-order valence-corrected chi connectivity index (χ1v) is 10.7. The van der Waals surface area contributed by atoms with Gasteiger partial charge in [-0.15, -0.1) is 0 Å². The Morgan fingerprint density at radius 3 is 2.77 bits per heavy atom. The molecule has 0 bridgehead atoms. The van der Waals surface area contributed by atoms with Crippen molar-refractivity contribution in [2.24, 2.45) is 5.10 Å². The van der Waals surface area contributed by atoms with E-state index >= 15 is 0 Å². The number of carbonyl (C=O) groups is 1. The Hall–Kier alpha value is -2.58. The molecule has 30 heavy (non-hydrogen) atoms. The van der Waals surface area contributed by atoms with Crippen LogP contribution < -0.4 is 14.9 Å². The predicted molar refractivity (Wildman–Crippen MR) is 119 cm³/mol. The fourth-order valence-corrected chi connectivity index (χ4v) is 3.71. The van der Waals surface area contributed by atoms with E-state index in [4.69, 9.17) is 9.47 Å². The van der Waals surface area contributed by atoms with Crippen LogP contribution >= 0.6 is 15.9 Å². The number of nitrogens with zero attached hydrogens (tertiary/aromatic N) is 2. The lowest BCUT2D eigenvalue weighted by atomic mass is 10.1. The van der Waals surface area contributed by atoms with Crippen molar-refractivity contribution in [3.05, 3.63) is 52.0 Å². The molecule has 1 amide bonds. The Bertz CT molecular complexity index is 898. The molecule has 0 saturated carbocycles. The van der Waals surface area contributed by atoms with Crippen LogP contribution in [0, 0.1) is 0 Å². The van der Waals surface area contributed by atoms with Crippen LogP contribution in [0.4, 0.5) is 0 Å². The first kappa shape index (κ1) is 22.1. The van der Waals surface area contributed by atoms with Crippen LogP contribution in [0.3, 0.4) is 0 Å². The summed E-state index contributed by atoms with van der Waals surface area (Å²) in [7, 11) is 1.47. The molecular formula is C22H26BrN3O4. The van der Waals surface area contributed by atoms with Crippen LogP contribution in [-0.2, 0) is 11.3 Å². The minimum absolute atomic E-state index is 0.0435. The van der Waals surface area contributed by atoms with Gasteiger partial charge < -0.3 is 14.6 Å². The highest BCUT2D eigenvalue weighted by molar-refractivity contribution is 9.10. The fraction of sp³-hybridized carbons (Fsp3) is 0.364. The van der Waals surface area contributed by atoms with Crippen molar-refractivity contribution < 1.29 is 19.4 Å². The average molecular weight is 476 g/mol. The maximum Gasteiger partial charge on any atom is 0.277 e. The molecule has 0 aliphatic carbocycles. The number of halogens is 1. The molecule has 0 atom stereocenters. The number of rotatable bonds is 8. The van der Waals surface area contributed by atoms with Crippen molar-refractivity contribution in [3.8, 4) is 17.2 Å². The van der Waals surface area contributed by atoms with Crippen LogP contribution in [0.15, 0.2) is 46.0 Å². The Balaban J connectivity index is 1.54. The summed E-state index contributed by atoms with van der Waals surface area (Å²) in [5, 5.41) is 13.5. The number of nitrogens with one attached hydrogen (secondary N) is 1. The van der Waals surface area contributed by atoms with Gasteiger partial charge >= 0.3 is 0 Å². The number of benzene rings is 2. The van der Waals surface area contributed by atoms with Crippen molar-refractivity contribution in [3.63, 3.8) is 0 Å². The minimum Gasteiger partial charge on any atom is -0.504 e. The maximum atomic E-state index is 12.1. The molecule has 1 saturated heterocycles. The summed E-state index contributed by atoms with van der Waals surface area (Å²) in [6, 6.07) is 10.6. The zero-order valence-corrected chi connectivity index (χ0v) is 18.5. The molecule has 3 rings (SSSR count). The molecule has 160 valence electrons. The van der Waals surface area contributed by atoms with Gasteiger partial charge in [-0.1, -0.05) is 22.4 Å². The van der Waals surface area contributed by atoms with E-state index in [-0.39, 0.29) is 18.3 Å². The molecule has 0 unspecified atom stereocenters. The van der Waals surface area contributed by atoms with E-state index in [9.17, 15) is 9.90 Å². The number of piperidine rings is 1. The highest BCUT2D eigenvalue weighted by atomic mass is 79.9. The van der Waals surface area contributed by atoms with Crippen molar-refractivity contribution in [2.75, 3.05) is 26.8 Å². The van der Waals surface area contributed by atoms with Gasteiger partial charge in [0, 0.05) is 16.6 Å². The number of aromatic hydroxyl groups is 1. The molecule has 1 aliphatic heterocycles. The molecule has 2 aromatic rings. The number of amides is 1. The lowest BCUT2D eigenvalue weighted by Gasteiger charge is -2.27. The van der Waals surface area contributed by atoms with Crippen LogP contribution in [0.25, 0.3) is 0 Å². The molecule has 8 heteroatoms. The van der Waals surface area contributed by atoms with E-state index in [1.165, 1.54) is 38.7 Å². The third-order valence-corrected chi connectivity index (χ3v) is 5.32. The number of hydrogen-bond donors (Lipinski definition) is 2. The van der Waals surface area contributed by atoms with Crippen molar-refractivity contribution in [2.45, 2.75) is 25.8 Å². The van der Waals surface area contributed by atoms with Gasteiger partial charge in [-0.2, -0.15) is 5.10 Å². The lowest BCUT2D eigenvalue weighted by molar-refractivity contribution is -0.123. The average Bonchev–Trinajstić information content (AvgIpc) is 2.75. The number of ether oxygens (including phenoxy) is 2. The molecule has 1 heterocycles. The predicted octanol–water partition coefficient (Wildman–Crippen LogP) is 3.68. The summed E-state index contributed by atoms with van der Waals surface area (Å²) in [4.78, 5) is 14.5. The molecule has 2 N–H and O–H groups in total. The number of phenolic OH excluding ortho intramolecular Hbond substituents is 1. The second kappa shape index (κ2) is 11.0. The van der Waals surface area contributed by atoms with Crippen LogP contribution in [0.5, 0.6) is 17.2 Å². The zero-order valence-electron chi connectivity index (χ0n) is 16.9. The van der Waals surface area contributed by atoms with Gasteiger partial charge in [0.1, 0.15) is 5.75 Å². The van der Waals surface area contributed by atoms with Gasteiger partial charge in [-0.3, -0.25) is 9.69 Å². The van der Waals surface area contributed by atoms with Gasteiger partial charge in [0.15, 0.2) is 18.1 Å². The number of likely N-dealkylation sites (tertiary alicyclic amines) is 1.